The summed E-state index contributed by atoms with van der Waals surface area (Å²) in [6.45, 7) is 4.74. The number of hydrogen-bond acceptors (Lipinski definition) is 4. The van der Waals surface area contributed by atoms with Crippen molar-refractivity contribution in [2.45, 2.75) is 37.8 Å². The highest BCUT2D eigenvalue weighted by molar-refractivity contribution is 7.91. The van der Waals surface area contributed by atoms with Crippen LogP contribution in [0.2, 0.25) is 0 Å². The van der Waals surface area contributed by atoms with Crippen molar-refractivity contribution in [1.82, 2.24) is 9.55 Å². The Morgan fingerprint density at radius 3 is 2.57 bits per heavy atom. The van der Waals surface area contributed by atoms with Gasteiger partial charge in [0.25, 0.3) is 0 Å². The van der Waals surface area contributed by atoms with Crippen LogP contribution in [0.4, 0.5) is 5.69 Å². The van der Waals surface area contributed by atoms with E-state index in [4.69, 9.17) is 0 Å². The second-order valence-electron chi connectivity index (χ2n) is 5.15. The molecular formula is C15H21N3O2S. The minimum atomic E-state index is -3.14. The van der Waals surface area contributed by atoms with Gasteiger partial charge in [-0.05, 0) is 37.6 Å². The SMILES string of the molecule is CCCS(=O)(=O)c1ccc(NC(C)Cn2ccnc2)cc1. The molecule has 1 aromatic carbocycles. The third-order valence-electron chi connectivity index (χ3n) is 3.14. The monoisotopic (exact) mass is 307 g/mol. The van der Waals surface area contributed by atoms with Crippen molar-refractivity contribution >= 4 is 15.5 Å². The van der Waals surface area contributed by atoms with Gasteiger partial charge >= 0.3 is 0 Å². The fourth-order valence-corrected chi connectivity index (χ4v) is 3.51. The molecule has 0 saturated carbocycles. The van der Waals surface area contributed by atoms with E-state index >= 15 is 0 Å². The number of nitrogens with zero attached hydrogens (tertiary/aromatic N) is 2. The summed E-state index contributed by atoms with van der Waals surface area (Å²) < 4.78 is 25.9. The first-order chi connectivity index (χ1) is 10.0. The smallest absolute Gasteiger partial charge is 0.178 e. The van der Waals surface area contributed by atoms with E-state index < -0.39 is 9.84 Å². The number of benzene rings is 1. The molecule has 0 fully saturated rings. The van der Waals surface area contributed by atoms with Crippen molar-refractivity contribution in [3.05, 3.63) is 43.0 Å². The summed E-state index contributed by atoms with van der Waals surface area (Å²) >= 11 is 0. The highest BCUT2D eigenvalue weighted by Gasteiger charge is 2.12. The fourth-order valence-electron chi connectivity index (χ4n) is 2.19. The molecule has 1 atom stereocenters. The standard InChI is InChI=1S/C15H21N3O2S/c1-3-10-21(19,20)15-6-4-14(5-7-15)17-13(2)11-18-9-8-16-12-18/h4-9,12-13,17H,3,10-11H2,1-2H3. The van der Waals surface area contributed by atoms with Crippen LogP contribution in [-0.2, 0) is 16.4 Å². The third-order valence-corrected chi connectivity index (χ3v) is 5.08. The predicted octanol–water partition coefficient (Wildman–Crippen LogP) is 2.57. The molecule has 0 radical (unpaired) electrons. The van der Waals surface area contributed by atoms with Crippen molar-refractivity contribution in [2.24, 2.45) is 0 Å². The van der Waals surface area contributed by atoms with E-state index in [2.05, 4.69) is 17.2 Å². The van der Waals surface area contributed by atoms with Crippen LogP contribution in [0, 0.1) is 0 Å². The molecule has 0 amide bonds. The first-order valence-electron chi connectivity index (χ1n) is 7.06. The maximum absolute atomic E-state index is 11.9. The molecule has 5 nitrogen and oxygen atoms in total. The second kappa shape index (κ2) is 6.76. The molecule has 1 N–H and O–H groups in total. The van der Waals surface area contributed by atoms with Crippen LogP contribution in [0.5, 0.6) is 0 Å². The Balaban J connectivity index is 1.99. The number of nitrogens with one attached hydrogen (secondary N) is 1. The van der Waals surface area contributed by atoms with Crippen molar-refractivity contribution in [3.8, 4) is 0 Å². The molecule has 0 aliphatic carbocycles. The van der Waals surface area contributed by atoms with E-state index in [9.17, 15) is 8.42 Å². The molecular weight excluding hydrogens is 286 g/mol. The molecule has 2 rings (SSSR count). The molecule has 6 heteroatoms. The maximum atomic E-state index is 11.9. The first kappa shape index (κ1) is 15.6. The normalized spacial score (nSPS) is 13.0. The Kier molecular flexibility index (Phi) is 5.01. The van der Waals surface area contributed by atoms with Gasteiger partial charge in [-0.15, -0.1) is 0 Å². The quantitative estimate of drug-likeness (QED) is 0.854. The third kappa shape index (κ3) is 4.32. The Labute approximate surface area is 125 Å². The van der Waals surface area contributed by atoms with Crippen LogP contribution >= 0.6 is 0 Å². The van der Waals surface area contributed by atoms with Gasteiger partial charge in [-0.25, -0.2) is 13.4 Å². The van der Waals surface area contributed by atoms with E-state index in [0.717, 1.165) is 12.2 Å². The van der Waals surface area contributed by atoms with Gasteiger partial charge in [-0.3, -0.25) is 0 Å². The molecule has 1 heterocycles. The molecule has 0 spiro atoms. The van der Waals surface area contributed by atoms with E-state index in [0.29, 0.717) is 11.3 Å². The van der Waals surface area contributed by atoms with Gasteiger partial charge in [0.1, 0.15) is 0 Å². The molecule has 2 aromatic rings. The van der Waals surface area contributed by atoms with Crippen LogP contribution in [0.25, 0.3) is 0 Å². The average molecular weight is 307 g/mol. The van der Waals surface area contributed by atoms with Gasteiger partial charge in [0, 0.05) is 30.7 Å². The van der Waals surface area contributed by atoms with E-state index in [1.165, 1.54) is 0 Å². The van der Waals surface area contributed by atoms with Gasteiger partial charge in [-0.1, -0.05) is 6.92 Å². The fraction of sp³-hybridized carbons (Fsp3) is 0.400. The molecule has 0 aliphatic rings. The van der Waals surface area contributed by atoms with Gasteiger partial charge < -0.3 is 9.88 Å². The Hall–Kier alpha value is -1.82. The zero-order chi connectivity index (χ0) is 15.3. The van der Waals surface area contributed by atoms with Crippen LogP contribution in [0.1, 0.15) is 20.3 Å². The minimum absolute atomic E-state index is 0.191. The number of imidazole rings is 1. The van der Waals surface area contributed by atoms with Gasteiger partial charge in [-0.2, -0.15) is 0 Å². The number of anilines is 1. The molecule has 21 heavy (non-hydrogen) atoms. The van der Waals surface area contributed by atoms with E-state index in [-0.39, 0.29) is 11.8 Å². The predicted molar refractivity (Wildman–Crippen MR) is 84.1 cm³/mol. The molecule has 0 bridgehead atoms. The molecule has 1 aromatic heterocycles. The van der Waals surface area contributed by atoms with Crippen LogP contribution in [-0.4, -0.2) is 29.8 Å². The summed E-state index contributed by atoms with van der Waals surface area (Å²) in [5, 5.41) is 3.35. The first-order valence-corrected chi connectivity index (χ1v) is 8.71. The van der Waals surface area contributed by atoms with Crippen molar-refractivity contribution in [1.29, 1.82) is 0 Å². The highest BCUT2D eigenvalue weighted by atomic mass is 32.2. The van der Waals surface area contributed by atoms with E-state index in [1.807, 2.05) is 29.8 Å². The van der Waals surface area contributed by atoms with Gasteiger partial charge in [0.15, 0.2) is 9.84 Å². The summed E-state index contributed by atoms with van der Waals surface area (Å²) in [6.07, 6.45) is 6.07. The zero-order valence-corrected chi connectivity index (χ0v) is 13.2. The van der Waals surface area contributed by atoms with Crippen molar-refractivity contribution in [2.75, 3.05) is 11.1 Å². The summed E-state index contributed by atoms with van der Waals surface area (Å²) in [7, 11) is -3.14. The summed E-state index contributed by atoms with van der Waals surface area (Å²) in [5.74, 6) is 0.191. The lowest BCUT2D eigenvalue weighted by Gasteiger charge is -2.16. The molecule has 0 saturated heterocycles. The lowest BCUT2D eigenvalue weighted by Crippen LogP contribution is -2.21. The number of aromatic nitrogens is 2. The Bertz CT molecular complexity index is 649. The van der Waals surface area contributed by atoms with Crippen LogP contribution < -0.4 is 5.32 Å². The molecule has 0 aliphatic heterocycles. The number of hydrogen-bond donors (Lipinski definition) is 1. The van der Waals surface area contributed by atoms with Crippen LogP contribution in [0.3, 0.4) is 0 Å². The summed E-state index contributed by atoms with van der Waals surface area (Å²) in [6, 6.07) is 7.17. The summed E-state index contributed by atoms with van der Waals surface area (Å²) in [4.78, 5) is 4.39. The molecule has 114 valence electrons. The van der Waals surface area contributed by atoms with Gasteiger partial charge in [0.2, 0.25) is 0 Å². The Morgan fingerprint density at radius 2 is 2.00 bits per heavy atom. The number of rotatable bonds is 7. The van der Waals surface area contributed by atoms with Crippen LogP contribution in [0.15, 0.2) is 47.9 Å². The number of sulfone groups is 1. The zero-order valence-electron chi connectivity index (χ0n) is 12.4. The maximum Gasteiger partial charge on any atom is 0.178 e. The lowest BCUT2D eigenvalue weighted by atomic mass is 10.2. The lowest BCUT2D eigenvalue weighted by molar-refractivity contribution is 0.594. The second-order valence-corrected chi connectivity index (χ2v) is 7.26. The average Bonchev–Trinajstić information content (AvgIpc) is 2.92. The van der Waals surface area contributed by atoms with Crippen molar-refractivity contribution in [3.63, 3.8) is 0 Å². The molecule has 1 unspecified atom stereocenters. The highest BCUT2D eigenvalue weighted by Crippen LogP contribution is 2.17. The van der Waals surface area contributed by atoms with E-state index in [1.54, 1.807) is 24.7 Å². The topological polar surface area (TPSA) is 64.0 Å². The van der Waals surface area contributed by atoms with Gasteiger partial charge in [0.05, 0.1) is 17.0 Å². The Morgan fingerprint density at radius 1 is 1.29 bits per heavy atom. The largest absolute Gasteiger partial charge is 0.381 e. The van der Waals surface area contributed by atoms with Crippen molar-refractivity contribution < 1.29 is 8.42 Å². The summed E-state index contributed by atoms with van der Waals surface area (Å²) in [5.41, 5.74) is 0.915. The minimum Gasteiger partial charge on any atom is -0.381 e.